The van der Waals surface area contributed by atoms with Crippen LogP contribution in [0.2, 0.25) is 0 Å². The van der Waals surface area contributed by atoms with Crippen molar-refractivity contribution in [2.24, 2.45) is 0 Å². The number of aromatic amines is 2. The van der Waals surface area contributed by atoms with Gasteiger partial charge in [-0.3, -0.25) is 9.59 Å². The summed E-state index contributed by atoms with van der Waals surface area (Å²) in [5, 5.41) is 13.5. The normalized spacial score (nSPS) is 12.9. The average Bonchev–Trinajstić information content (AvgIpc) is 3.31. The first kappa shape index (κ1) is 23.8. The summed E-state index contributed by atoms with van der Waals surface area (Å²) in [4.78, 5) is 58.0. The second kappa shape index (κ2) is 9.98. The molecule has 3 aromatic carbocycles. The lowest BCUT2D eigenvalue weighted by atomic mass is 10.0. The highest BCUT2D eigenvalue weighted by atomic mass is 16.4. The summed E-state index contributed by atoms with van der Waals surface area (Å²) in [5.41, 5.74) is 1.25. The van der Waals surface area contributed by atoms with Crippen molar-refractivity contribution in [3.05, 3.63) is 117 Å². The molecule has 5 aromatic rings. The minimum Gasteiger partial charge on any atom is -0.480 e. The highest BCUT2D eigenvalue weighted by Gasteiger charge is 2.30. The van der Waals surface area contributed by atoms with E-state index < -0.39 is 35.2 Å². The van der Waals surface area contributed by atoms with Gasteiger partial charge in [0, 0.05) is 29.9 Å². The summed E-state index contributed by atoms with van der Waals surface area (Å²) in [6.07, 6.45) is 1.77. The predicted molar refractivity (Wildman–Crippen MR) is 140 cm³/mol. The Morgan fingerprint density at radius 1 is 0.838 bits per heavy atom. The number of H-pyrrole nitrogens is 2. The molecule has 0 bridgehead atoms. The molecule has 0 aliphatic rings. The molecule has 9 heteroatoms. The number of hydrogen-bond acceptors (Lipinski definition) is 4. The van der Waals surface area contributed by atoms with Crippen molar-refractivity contribution in [1.82, 2.24) is 19.9 Å². The monoisotopic (exact) mass is 496 g/mol. The fraction of sp³-hybridized carbons (Fsp3) is 0.143. The number of amides is 1. The number of benzene rings is 3. The SMILES string of the molecule is O=C(N[C@H](Cc1ccccc1)C(=O)O)[C@@H](Cc1c[nH]c2ccccc12)n1c(=O)[nH]c2ccccc2c1=O. The van der Waals surface area contributed by atoms with Gasteiger partial charge in [0.15, 0.2) is 0 Å². The number of carbonyl (C=O) groups excluding carboxylic acids is 1. The Hall–Kier alpha value is -4.92. The lowest BCUT2D eigenvalue weighted by Crippen LogP contribution is -2.50. The van der Waals surface area contributed by atoms with Crippen LogP contribution in [-0.4, -0.2) is 37.6 Å². The highest BCUT2D eigenvalue weighted by molar-refractivity contribution is 5.88. The number of aromatic nitrogens is 3. The van der Waals surface area contributed by atoms with E-state index in [9.17, 15) is 24.3 Å². The Bertz CT molecular complexity index is 1720. The summed E-state index contributed by atoms with van der Waals surface area (Å²) in [7, 11) is 0. The molecule has 0 aliphatic carbocycles. The van der Waals surface area contributed by atoms with Crippen LogP contribution in [0.4, 0.5) is 0 Å². The summed E-state index contributed by atoms with van der Waals surface area (Å²) in [6, 6.07) is 20.4. The molecule has 2 atom stereocenters. The molecule has 186 valence electrons. The van der Waals surface area contributed by atoms with Gasteiger partial charge in [0.05, 0.1) is 10.9 Å². The maximum absolute atomic E-state index is 13.7. The lowest BCUT2D eigenvalue weighted by Gasteiger charge is -2.22. The molecule has 0 saturated carbocycles. The van der Waals surface area contributed by atoms with E-state index in [0.717, 1.165) is 21.0 Å². The minimum absolute atomic E-state index is 0.00511. The maximum atomic E-state index is 13.7. The quantitative estimate of drug-likeness (QED) is 0.262. The molecule has 0 aliphatic heterocycles. The van der Waals surface area contributed by atoms with E-state index in [1.165, 1.54) is 0 Å². The van der Waals surface area contributed by atoms with Crippen molar-refractivity contribution in [2.75, 3.05) is 0 Å². The lowest BCUT2D eigenvalue weighted by molar-refractivity contribution is -0.142. The predicted octanol–water partition coefficient (Wildman–Crippen LogP) is 2.77. The van der Waals surface area contributed by atoms with Crippen LogP contribution in [0.15, 0.2) is 94.6 Å². The Morgan fingerprint density at radius 2 is 1.49 bits per heavy atom. The van der Waals surface area contributed by atoms with E-state index in [2.05, 4.69) is 15.3 Å². The number of nitrogens with zero attached hydrogens (tertiary/aromatic N) is 1. The standard InChI is InChI=1S/C28H24N4O5/c33-25(30-23(27(35)36)14-17-8-2-1-3-9-17)24(15-18-16-29-21-12-6-4-10-19(18)21)32-26(34)20-11-5-7-13-22(20)31-28(32)37/h1-13,16,23-24,29H,14-15H2,(H,30,33)(H,31,37)(H,35,36)/t23-,24-/m1/s1. The second-order valence-corrected chi connectivity index (χ2v) is 8.82. The van der Waals surface area contributed by atoms with Crippen LogP contribution in [0, 0.1) is 0 Å². The second-order valence-electron chi connectivity index (χ2n) is 8.82. The molecule has 2 aromatic heterocycles. The van der Waals surface area contributed by atoms with Gasteiger partial charge in [0.25, 0.3) is 5.56 Å². The van der Waals surface area contributed by atoms with Gasteiger partial charge in [-0.25, -0.2) is 14.2 Å². The van der Waals surface area contributed by atoms with Crippen LogP contribution in [0.3, 0.4) is 0 Å². The van der Waals surface area contributed by atoms with Crippen LogP contribution in [0.25, 0.3) is 21.8 Å². The molecule has 1 amide bonds. The van der Waals surface area contributed by atoms with E-state index in [0.29, 0.717) is 11.1 Å². The van der Waals surface area contributed by atoms with Gasteiger partial charge in [0.2, 0.25) is 5.91 Å². The van der Waals surface area contributed by atoms with Gasteiger partial charge >= 0.3 is 11.7 Å². The van der Waals surface area contributed by atoms with Gasteiger partial charge in [-0.15, -0.1) is 0 Å². The van der Waals surface area contributed by atoms with E-state index >= 15 is 0 Å². The van der Waals surface area contributed by atoms with Gasteiger partial charge in [0.1, 0.15) is 12.1 Å². The number of hydrogen-bond donors (Lipinski definition) is 4. The third-order valence-electron chi connectivity index (χ3n) is 6.44. The summed E-state index contributed by atoms with van der Waals surface area (Å²) in [6.45, 7) is 0. The first-order valence-corrected chi connectivity index (χ1v) is 11.8. The van der Waals surface area contributed by atoms with E-state index in [1.54, 1.807) is 54.7 Å². The zero-order chi connectivity index (χ0) is 25.9. The Morgan fingerprint density at radius 3 is 2.22 bits per heavy atom. The summed E-state index contributed by atoms with van der Waals surface area (Å²) < 4.78 is 0.876. The van der Waals surface area contributed by atoms with E-state index in [1.807, 2.05) is 30.3 Å². The van der Waals surface area contributed by atoms with Crippen LogP contribution in [0.1, 0.15) is 17.2 Å². The van der Waals surface area contributed by atoms with Gasteiger partial charge in [-0.2, -0.15) is 0 Å². The number of para-hydroxylation sites is 2. The van der Waals surface area contributed by atoms with Gasteiger partial charge in [-0.1, -0.05) is 60.7 Å². The third kappa shape index (κ3) is 4.79. The largest absolute Gasteiger partial charge is 0.480 e. The fourth-order valence-corrected chi connectivity index (χ4v) is 4.59. The molecule has 0 spiro atoms. The number of aliphatic carboxylic acids is 1. The minimum atomic E-state index is -1.29. The molecule has 0 fully saturated rings. The Labute approximate surface area is 210 Å². The number of nitrogens with one attached hydrogen (secondary N) is 3. The van der Waals surface area contributed by atoms with Crippen molar-refractivity contribution in [1.29, 1.82) is 0 Å². The molecule has 0 saturated heterocycles. The van der Waals surface area contributed by atoms with Crippen molar-refractivity contribution in [3.8, 4) is 0 Å². The molecule has 5 rings (SSSR count). The first-order chi connectivity index (χ1) is 17.9. The molecule has 0 radical (unpaired) electrons. The van der Waals surface area contributed by atoms with Crippen LogP contribution in [0.5, 0.6) is 0 Å². The molecular formula is C28H24N4O5. The molecular weight excluding hydrogens is 472 g/mol. The van der Waals surface area contributed by atoms with Crippen molar-refractivity contribution < 1.29 is 14.7 Å². The molecule has 0 unspecified atom stereocenters. The van der Waals surface area contributed by atoms with E-state index in [4.69, 9.17) is 0 Å². The van der Waals surface area contributed by atoms with Crippen molar-refractivity contribution in [2.45, 2.75) is 24.9 Å². The van der Waals surface area contributed by atoms with Gasteiger partial charge in [-0.05, 0) is 29.3 Å². The smallest absolute Gasteiger partial charge is 0.329 e. The summed E-state index contributed by atoms with van der Waals surface area (Å²) >= 11 is 0. The molecule has 4 N–H and O–H groups in total. The van der Waals surface area contributed by atoms with Gasteiger partial charge < -0.3 is 20.4 Å². The zero-order valence-electron chi connectivity index (χ0n) is 19.7. The number of fused-ring (bicyclic) bond motifs is 2. The fourth-order valence-electron chi connectivity index (χ4n) is 4.59. The van der Waals surface area contributed by atoms with Crippen molar-refractivity contribution >= 4 is 33.7 Å². The highest BCUT2D eigenvalue weighted by Crippen LogP contribution is 2.22. The molecule has 9 nitrogen and oxygen atoms in total. The summed E-state index contributed by atoms with van der Waals surface area (Å²) in [5.74, 6) is -1.96. The number of carboxylic acid groups (broad SMARTS) is 1. The zero-order valence-corrected chi connectivity index (χ0v) is 19.7. The average molecular weight is 497 g/mol. The Kier molecular flexibility index (Phi) is 6.42. The molecule has 2 heterocycles. The maximum Gasteiger partial charge on any atom is 0.329 e. The Balaban J connectivity index is 1.57. The number of carbonyl (C=O) groups is 2. The topological polar surface area (TPSA) is 137 Å². The van der Waals surface area contributed by atoms with E-state index in [-0.39, 0.29) is 18.2 Å². The number of carboxylic acids is 1. The number of rotatable bonds is 8. The van der Waals surface area contributed by atoms with Crippen LogP contribution in [-0.2, 0) is 22.4 Å². The van der Waals surface area contributed by atoms with Crippen LogP contribution < -0.4 is 16.6 Å². The van der Waals surface area contributed by atoms with Crippen molar-refractivity contribution in [3.63, 3.8) is 0 Å². The first-order valence-electron chi connectivity index (χ1n) is 11.8. The third-order valence-corrected chi connectivity index (χ3v) is 6.44. The van der Waals surface area contributed by atoms with Crippen LogP contribution >= 0.6 is 0 Å². The molecule has 37 heavy (non-hydrogen) atoms.